The molecule has 0 amide bonds. The molecular weight excluding hydrogens is 302 g/mol. The number of halogens is 1. The van der Waals surface area contributed by atoms with Crippen molar-refractivity contribution in [3.63, 3.8) is 0 Å². The number of rotatable bonds is 4. The number of ether oxygens (including phenoxy) is 1. The number of benzene rings is 1. The molecule has 0 N–H and O–H groups in total. The summed E-state index contributed by atoms with van der Waals surface area (Å²) >= 11 is 3.56. The van der Waals surface area contributed by atoms with Gasteiger partial charge in [0.25, 0.3) is 0 Å². The van der Waals surface area contributed by atoms with Crippen LogP contribution in [-0.2, 0) is 6.54 Å². The molecule has 106 valence electrons. The van der Waals surface area contributed by atoms with Gasteiger partial charge in [0.05, 0.1) is 7.11 Å². The van der Waals surface area contributed by atoms with Crippen LogP contribution >= 0.6 is 15.9 Å². The molecule has 19 heavy (non-hydrogen) atoms. The van der Waals surface area contributed by atoms with Crippen LogP contribution in [0.2, 0.25) is 0 Å². The minimum absolute atomic E-state index is 0.728. The molecule has 0 aromatic heterocycles. The summed E-state index contributed by atoms with van der Waals surface area (Å²) in [5.74, 6) is 1.00. The zero-order valence-corrected chi connectivity index (χ0v) is 13.6. The van der Waals surface area contributed by atoms with Gasteiger partial charge in [-0.3, -0.25) is 4.90 Å². The van der Waals surface area contributed by atoms with Crippen LogP contribution in [0.25, 0.3) is 0 Å². The summed E-state index contributed by atoms with van der Waals surface area (Å²) < 4.78 is 6.63. The SMILES string of the molecule is CCC1CCCCCN1Cc1cc(Br)ccc1OC. The number of methoxy groups -OCH3 is 1. The first-order chi connectivity index (χ1) is 9.24. The zero-order valence-electron chi connectivity index (χ0n) is 12.0. The molecule has 2 rings (SSSR count). The predicted octanol–water partition coefficient (Wildman–Crippen LogP) is 4.61. The molecule has 0 aliphatic carbocycles. The van der Waals surface area contributed by atoms with Crippen molar-refractivity contribution >= 4 is 15.9 Å². The summed E-state index contributed by atoms with van der Waals surface area (Å²) in [5, 5.41) is 0. The van der Waals surface area contributed by atoms with E-state index in [9.17, 15) is 0 Å². The molecule has 1 unspecified atom stereocenters. The number of likely N-dealkylation sites (tertiary alicyclic amines) is 1. The van der Waals surface area contributed by atoms with Crippen LogP contribution in [0.3, 0.4) is 0 Å². The highest BCUT2D eigenvalue weighted by Crippen LogP contribution is 2.27. The van der Waals surface area contributed by atoms with Crippen molar-refractivity contribution in [2.75, 3.05) is 13.7 Å². The van der Waals surface area contributed by atoms with Gasteiger partial charge in [-0.1, -0.05) is 35.7 Å². The second kappa shape index (κ2) is 7.30. The molecule has 1 aromatic carbocycles. The Hall–Kier alpha value is -0.540. The van der Waals surface area contributed by atoms with E-state index in [-0.39, 0.29) is 0 Å². The third kappa shape index (κ3) is 3.96. The van der Waals surface area contributed by atoms with Crippen LogP contribution in [-0.4, -0.2) is 24.6 Å². The van der Waals surface area contributed by atoms with Gasteiger partial charge < -0.3 is 4.74 Å². The van der Waals surface area contributed by atoms with Crippen LogP contribution in [0.1, 0.15) is 44.6 Å². The van der Waals surface area contributed by atoms with Crippen molar-refractivity contribution in [1.82, 2.24) is 4.90 Å². The van der Waals surface area contributed by atoms with Crippen LogP contribution in [0.5, 0.6) is 5.75 Å². The first-order valence-electron chi connectivity index (χ1n) is 7.31. The molecule has 0 bridgehead atoms. The Balaban J connectivity index is 2.15. The molecule has 1 atom stereocenters. The molecule has 2 nitrogen and oxygen atoms in total. The van der Waals surface area contributed by atoms with E-state index < -0.39 is 0 Å². The highest BCUT2D eigenvalue weighted by atomic mass is 79.9. The van der Waals surface area contributed by atoms with Gasteiger partial charge in [-0.25, -0.2) is 0 Å². The first-order valence-corrected chi connectivity index (χ1v) is 8.10. The second-order valence-electron chi connectivity index (χ2n) is 5.34. The van der Waals surface area contributed by atoms with Gasteiger partial charge >= 0.3 is 0 Å². The quantitative estimate of drug-likeness (QED) is 0.801. The fourth-order valence-electron chi connectivity index (χ4n) is 3.00. The lowest BCUT2D eigenvalue weighted by Crippen LogP contribution is -2.33. The lowest BCUT2D eigenvalue weighted by Gasteiger charge is -2.29. The maximum absolute atomic E-state index is 5.49. The average Bonchev–Trinajstić information content (AvgIpc) is 2.64. The normalized spacial score (nSPS) is 21.1. The van der Waals surface area contributed by atoms with Gasteiger partial charge in [0.15, 0.2) is 0 Å². The van der Waals surface area contributed by atoms with Gasteiger partial charge in [-0.05, 0) is 44.0 Å². The van der Waals surface area contributed by atoms with E-state index in [0.29, 0.717) is 0 Å². The monoisotopic (exact) mass is 325 g/mol. The molecule has 1 aliphatic heterocycles. The van der Waals surface area contributed by atoms with Crippen molar-refractivity contribution in [1.29, 1.82) is 0 Å². The van der Waals surface area contributed by atoms with E-state index >= 15 is 0 Å². The number of hydrogen-bond acceptors (Lipinski definition) is 2. The first kappa shape index (κ1) is 14.9. The molecular formula is C16H24BrNO. The summed E-state index contributed by atoms with van der Waals surface area (Å²) in [6.45, 7) is 4.52. The maximum Gasteiger partial charge on any atom is 0.123 e. The second-order valence-corrected chi connectivity index (χ2v) is 6.25. The standard InChI is InChI=1S/C16H24BrNO/c1-3-15-7-5-4-6-10-18(15)12-13-11-14(17)8-9-16(13)19-2/h8-9,11,15H,3-7,10,12H2,1-2H3. The van der Waals surface area contributed by atoms with Crippen molar-refractivity contribution in [3.05, 3.63) is 28.2 Å². The van der Waals surface area contributed by atoms with Gasteiger partial charge in [-0.2, -0.15) is 0 Å². The van der Waals surface area contributed by atoms with E-state index in [0.717, 1.165) is 22.8 Å². The van der Waals surface area contributed by atoms with E-state index in [1.807, 2.05) is 6.07 Å². The van der Waals surface area contributed by atoms with E-state index in [4.69, 9.17) is 4.74 Å². The van der Waals surface area contributed by atoms with Crippen LogP contribution in [0, 0.1) is 0 Å². The summed E-state index contributed by atoms with van der Waals surface area (Å²) in [4.78, 5) is 2.64. The van der Waals surface area contributed by atoms with Crippen LogP contribution < -0.4 is 4.74 Å². The third-order valence-corrected chi connectivity index (χ3v) is 4.58. The minimum Gasteiger partial charge on any atom is -0.496 e. The molecule has 0 spiro atoms. The minimum atomic E-state index is 0.728. The van der Waals surface area contributed by atoms with Crippen molar-refractivity contribution in [3.8, 4) is 5.75 Å². The molecule has 3 heteroatoms. The highest BCUT2D eigenvalue weighted by molar-refractivity contribution is 9.10. The van der Waals surface area contributed by atoms with E-state index in [1.54, 1.807) is 7.11 Å². The molecule has 1 saturated heterocycles. The lowest BCUT2D eigenvalue weighted by atomic mass is 10.1. The Kier molecular flexibility index (Phi) is 5.71. The largest absolute Gasteiger partial charge is 0.496 e. The molecule has 1 heterocycles. The zero-order chi connectivity index (χ0) is 13.7. The third-order valence-electron chi connectivity index (χ3n) is 4.09. The summed E-state index contributed by atoms with van der Waals surface area (Å²) in [7, 11) is 1.76. The van der Waals surface area contributed by atoms with Gasteiger partial charge in [0.1, 0.15) is 5.75 Å². The highest BCUT2D eigenvalue weighted by Gasteiger charge is 2.20. The molecule has 0 saturated carbocycles. The van der Waals surface area contributed by atoms with Gasteiger partial charge in [0, 0.05) is 22.6 Å². The fraction of sp³-hybridized carbons (Fsp3) is 0.625. The molecule has 1 fully saturated rings. The topological polar surface area (TPSA) is 12.5 Å². The van der Waals surface area contributed by atoms with E-state index in [2.05, 4.69) is 39.9 Å². The fourth-order valence-corrected chi connectivity index (χ4v) is 3.41. The van der Waals surface area contributed by atoms with Crippen molar-refractivity contribution < 1.29 is 4.74 Å². The molecule has 1 aromatic rings. The number of hydrogen-bond donors (Lipinski definition) is 0. The predicted molar refractivity (Wildman–Crippen MR) is 83.7 cm³/mol. The van der Waals surface area contributed by atoms with Gasteiger partial charge in [-0.15, -0.1) is 0 Å². The van der Waals surface area contributed by atoms with Crippen molar-refractivity contribution in [2.24, 2.45) is 0 Å². The van der Waals surface area contributed by atoms with E-state index in [1.165, 1.54) is 44.2 Å². The summed E-state index contributed by atoms with van der Waals surface area (Å²) in [6, 6.07) is 7.02. The molecule has 0 radical (unpaired) electrons. The van der Waals surface area contributed by atoms with Gasteiger partial charge in [0.2, 0.25) is 0 Å². The smallest absolute Gasteiger partial charge is 0.123 e. The Morgan fingerprint density at radius 3 is 2.89 bits per heavy atom. The summed E-state index contributed by atoms with van der Waals surface area (Å²) in [5.41, 5.74) is 1.29. The Morgan fingerprint density at radius 1 is 1.32 bits per heavy atom. The lowest BCUT2D eigenvalue weighted by molar-refractivity contribution is 0.184. The van der Waals surface area contributed by atoms with Crippen LogP contribution in [0.15, 0.2) is 22.7 Å². The molecule has 1 aliphatic rings. The summed E-state index contributed by atoms with van der Waals surface area (Å²) in [6.07, 6.45) is 6.67. The number of nitrogens with zero attached hydrogens (tertiary/aromatic N) is 1. The maximum atomic E-state index is 5.49. The Morgan fingerprint density at radius 2 is 2.16 bits per heavy atom. The Bertz CT molecular complexity index is 408. The van der Waals surface area contributed by atoms with Crippen LogP contribution in [0.4, 0.5) is 0 Å². The average molecular weight is 326 g/mol. The van der Waals surface area contributed by atoms with Crippen molar-refractivity contribution in [2.45, 2.75) is 51.6 Å². The Labute approximate surface area is 125 Å².